The molecule has 1 aromatic rings. The van der Waals surface area contributed by atoms with Crippen LogP contribution >= 0.6 is 47.8 Å². The zero-order chi connectivity index (χ0) is 11.4. The summed E-state index contributed by atoms with van der Waals surface area (Å²) in [5, 5.41) is 0.781. The van der Waals surface area contributed by atoms with Crippen LogP contribution in [-0.2, 0) is 0 Å². The van der Waals surface area contributed by atoms with Gasteiger partial charge in [0, 0.05) is 27.9 Å². The molecule has 1 aromatic carbocycles. The number of hydrogen-bond donors (Lipinski definition) is 0. The topological polar surface area (TPSA) is 20.3 Å². The number of rotatable bonds is 3. The molecular formula is C10H10Br3NO. The molecule has 0 aromatic heterocycles. The minimum Gasteiger partial charge on any atom is -0.341 e. The van der Waals surface area contributed by atoms with Crippen LogP contribution in [0.15, 0.2) is 27.1 Å². The van der Waals surface area contributed by atoms with Crippen LogP contribution in [0, 0.1) is 0 Å². The molecule has 2 nitrogen and oxygen atoms in total. The molecule has 1 amide bonds. The largest absolute Gasteiger partial charge is 0.341 e. The van der Waals surface area contributed by atoms with Gasteiger partial charge in [0.05, 0.1) is 5.56 Å². The first-order chi connectivity index (χ1) is 7.06. The third kappa shape index (κ3) is 3.57. The first-order valence-electron chi connectivity index (χ1n) is 4.32. The van der Waals surface area contributed by atoms with Gasteiger partial charge >= 0.3 is 0 Å². The average molecular weight is 400 g/mol. The van der Waals surface area contributed by atoms with E-state index in [1.807, 2.05) is 12.1 Å². The Hall–Kier alpha value is 0.130. The third-order valence-electron chi connectivity index (χ3n) is 1.93. The van der Waals surface area contributed by atoms with E-state index < -0.39 is 0 Å². The SMILES string of the molecule is CN(CCBr)C(=O)c1ccc(Br)cc1Br. The molecule has 15 heavy (non-hydrogen) atoms. The van der Waals surface area contributed by atoms with E-state index in [-0.39, 0.29) is 5.91 Å². The van der Waals surface area contributed by atoms with Gasteiger partial charge in [-0.05, 0) is 34.1 Å². The van der Waals surface area contributed by atoms with E-state index in [4.69, 9.17) is 0 Å². The van der Waals surface area contributed by atoms with E-state index >= 15 is 0 Å². The molecule has 0 aliphatic rings. The van der Waals surface area contributed by atoms with Crippen molar-refractivity contribution in [3.63, 3.8) is 0 Å². The van der Waals surface area contributed by atoms with Crippen LogP contribution in [0.1, 0.15) is 10.4 Å². The molecule has 0 aliphatic carbocycles. The van der Waals surface area contributed by atoms with Crippen LogP contribution < -0.4 is 0 Å². The standard InChI is InChI=1S/C10H10Br3NO/c1-14(5-4-11)10(15)8-3-2-7(12)6-9(8)13/h2-3,6H,4-5H2,1H3. The molecule has 0 fully saturated rings. The van der Waals surface area contributed by atoms with Crippen molar-refractivity contribution >= 4 is 53.7 Å². The maximum atomic E-state index is 11.9. The first kappa shape index (κ1) is 13.2. The summed E-state index contributed by atoms with van der Waals surface area (Å²) >= 11 is 10.0. The molecule has 0 saturated carbocycles. The third-order valence-corrected chi connectivity index (χ3v) is 3.43. The summed E-state index contributed by atoms with van der Waals surface area (Å²) in [6.07, 6.45) is 0. The second-order valence-corrected chi connectivity index (χ2v) is 5.60. The monoisotopic (exact) mass is 397 g/mol. The van der Waals surface area contributed by atoms with Crippen molar-refractivity contribution in [2.45, 2.75) is 0 Å². The maximum absolute atomic E-state index is 11.9. The average Bonchev–Trinajstić information content (AvgIpc) is 2.17. The van der Waals surface area contributed by atoms with Crippen molar-refractivity contribution in [1.29, 1.82) is 0 Å². The molecule has 0 saturated heterocycles. The number of benzene rings is 1. The fourth-order valence-electron chi connectivity index (χ4n) is 1.10. The molecule has 82 valence electrons. The van der Waals surface area contributed by atoms with Crippen molar-refractivity contribution in [2.24, 2.45) is 0 Å². The predicted molar refractivity (Wildman–Crippen MR) is 72.6 cm³/mol. The molecule has 0 unspecified atom stereocenters. The van der Waals surface area contributed by atoms with Crippen LogP contribution in [0.25, 0.3) is 0 Å². The van der Waals surface area contributed by atoms with Crippen LogP contribution in [0.5, 0.6) is 0 Å². The first-order valence-corrected chi connectivity index (χ1v) is 7.03. The summed E-state index contributed by atoms with van der Waals surface area (Å²) in [6, 6.07) is 5.54. The molecule has 5 heteroatoms. The van der Waals surface area contributed by atoms with Gasteiger partial charge in [-0.25, -0.2) is 0 Å². The van der Waals surface area contributed by atoms with Crippen molar-refractivity contribution in [2.75, 3.05) is 18.9 Å². The highest BCUT2D eigenvalue weighted by Gasteiger charge is 2.14. The molecular weight excluding hydrogens is 390 g/mol. The zero-order valence-corrected chi connectivity index (χ0v) is 12.9. The second-order valence-electron chi connectivity index (χ2n) is 3.04. The zero-order valence-electron chi connectivity index (χ0n) is 8.14. The summed E-state index contributed by atoms with van der Waals surface area (Å²) in [6.45, 7) is 0.696. The lowest BCUT2D eigenvalue weighted by Crippen LogP contribution is -2.28. The smallest absolute Gasteiger partial charge is 0.254 e. The Morgan fingerprint density at radius 3 is 2.60 bits per heavy atom. The number of hydrogen-bond acceptors (Lipinski definition) is 1. The number of alkyl halides is 1. The Labute approximate surface area is 114 Å². The Balaban J connectivity index is 2.91. The molecule has 0 bridgehead atoms. The molecule has 0 heterocycles. The fraction of sp³-hybridized carbons (Fsp3) is 0.300. The normalized spacial score (nSPS) is 10.1. The lowest BCUT2D eigenvalue weighted by Gasteiger charge is -2.16. The van der Waals surface area contributed by atoms with Crippen LogP contribution in [0.3, 0.4) is 0 Å². The Morgan fingerprint density at radius 2 is 2.07 bits per heavy atom. The van der Waals surface area contributed by atoms with Gasteiger partial charge in [0.1, 0.15) is 0 Å². The minimum absolute atomic E-state index is 0.0221. The molecule has 0 aliphatic heterocycles. The molecule has 0 atom stereocenters. The summed E-state index contributed by atoms with van der Waals surface area (Å²) in [7, 11) is 1.79. The number of amides is 1. The van der Waals surface area contributed by atoms with E-state index in [2.05, 4.69) is 47.8 Å². The molecule has 0 radical (unpaired) electrons. The maximum Gasteiger partial charge on any atom is 0.254 e. The van der Waals surface area contributed by atoms with Crippen molar-refractivity contribution in [3.8, 4) is 0 Å². The van der Waals surface area contributed by atoms with Crippen LogP contribution in [0.2, 0.25) is 0 Å². The Morgan fingerprint density at radius 1 is 1.40 bits per heavy atom. The van der Waals surface area contributed by atoms with Gasteiger partial charge in [-0.3, -0.25) is 4.79 Å². The highest BCUT2D eigenvalue weighted by atomic mass is 79.9. The molecule has 0 spiro atoms. The quantitative estimate of drug-likeness (QED) is 0.710. The van der Waals surface area contributed by atoms with E-state index in [1.54, 1.807) is 18.0 Å². The van der Waals surface area contributed by atoms with Crippen LogP contribution in [0.4, 0.5) is 0 Å². The van der Waals surface area contributed by atoms with Gasteiger partial charge in [-0.2, -0.15) is 0 Å². The van der Waals surface area contributed by atoms with Crippen LogP contribution in [-0.4, -0.2) is 29.7 Å². The van der Waals surface area contributed by atoms with E-state index in [1.165, 1.54) is 0 Å². The number of carbonyl (C=O) groups is 1. The van der Waals surface area contributed by atoms with E-state index in [0.717, 1.165) is 14.3 Å². The minimum atomic E-state index is 0.0221. The van der Waals surface area contributed by atoms with Gasteiger partial charge in [-0.1, -0.05) is 31.9 Å². The Bertz CT molecular complexity index is 368. The van der Waals surface area contributed by atoms with Gasteiger partial charge in [0.15, 0.2) is 0 Å². The number of halogens is 3. The van der Waals surface area contributed by atoms with E-state index in [9.17, 15) is 4.79 Å². The van der Waals surface area contributed by atoms with Crippen molar-refractivity contribution in [3.05, 3.63) is 32.7 Å². The summed E-state index contributed by atoms with van der Waals surface area (Å²) in [5.41, 5.74) is 0.682. The fourth-order valence-corrected chi connectivity index (χ4v) is 2.85. The van der Waals surface area contributed by atoms with Gasteiger partial charge in [-0.15, -0.1) is 0 Å². The van der Waals surface area contributed by atoms with Crippen molar-refractivity contribution in [1.82, 2.24) is 4.90 Å². The Kier molecular flexibility index (Phi) is 5.29. The summed E-state index contributed by atoms with van der Waals surface area (Å²) in [5.74, 6) is 0.0221. The van der Waals surface area contributed by atoms with E-state index in [0.29, 0.717) is 12.1 Å². The highest BCUT2D eigenvalue weighted by molar-refractivity contribution is 9.11. The summed E-state index contributed by atoms with van der Waals surface area (Å²) < 4.78 is 1.76. The molecule has 0 N–H and O–H groups in total. The lowest BCUT2D eigenvalue weighted by molar-refractivity contribution is 0.0803. The lowest BCUT2D eigenvalue weighted by atomic mass is 10.2. The van der Waals surface area contributed by atoms with Gasteiger partial charge in [0.25, 0.3) is 5.91 Å². The predicted octanol–water partition coefficient (Wildman–Crippen LogP) is 3.68. The highest BCUT2D eigenvalue weighted by Crippen LogP contribution is 2.22. The number of nitrogens with zero attached hydrogens (tertiary/aromatic N) is 1. The van der Waals surface area contributed by atoms with Gasteiger partial charge < -0.3 is 4.90 Å². The number of carbonyl (C=O) groups excluding carboxylic acids is 1. The molecule has 1 rings (SSSR count). The second kappa shape index (κ2) is 6.01. The van der Waals surface area contributed by atoms with Gasteiger partial charge in [0.2, 0.25) is 0 Å². The van der Waals surface area contributed by atoms with Crippen molar-refractivity contribution < 1.29 is 4.79 Å². The summed E-state index contributed by atoms with van der Waals surface area (Å²) in [4.78, 5) is 13.6.